The first-order valence-electron chi connectivity index (χ1n) is 10.9. The molecule has 1 saturated carbocycles. The lowest BCUT2D eigenvalue weighted by Gasteiger charge is -2.51. The van der Waals surface area contributed by atoms with Gasteiger partial charge in [-0.2, -0.15) is 0 Å². The Balaban J connectivity index is 1.38. The third-order valence-corrected chi connectivity index (χ3v) is 8.60. The number of hydrogen-bond donors (Lipinski definition) is 1. The monoisotopic (exact) mass is 424 g/mol. The standard InChI is InChI=1S/C24H28N2O3S/c1-13-16-9-10-24(3)12-17-20(14(2)19(24)21(16)29-22(13)28)26-23(30-17)25-18(27)11-15-7-5-4-6-8-15/h4-8,13-14,16,19,21H,9-12H2,1-3H3,(H,25,26,27)/t13-,14+,16-,19+,21+,24+/m0/s1. The zero-order valence-electron chi connectivity index (χ0n) is 17.7. The first-order valence-corrected chi connectivity index (χ1v) is 11.7. The minimum absolute atomic E-state index is 0.00332. The molecule has 1 saturated heterocycles. The summed E-state index contributed by atoms with van der Waals surface area (Å²) < 4.78 is 5.90. The number of aromatic nitrogens is 1. The van der Waals surface area contributed by atoms with Crippen molar-refractivity contribution in [2.75, 3.05) is 5.32 Å². The van der Waals surface area contributed by atoms with Gasteiger partial charge >= 0.3 is 5.97 Å². The molecule has 158 valence electrons. The zero-order valence-corrected chi connectivity index (χ0v) is 18.5. The van der Waals surface area contributed by atoms with Crippen LogP contribution in [0.1, 0.15) is 55.7 Å². The molecule has 6 atom stereocenters. The second kappa shape index (κ2) is 7.19. The van der Waals surface area contributed by atoms with E-state index in [-0.39, 0.29) is 41.1 Å². The van der Waals surface area contributed by atoms with Crippen molar-refractivity contribution in [3.63, 3.8) is 0 Å². The van der Waals surface area contributed by atoms with Crippen LogP contribution in [0, 0.1) is 23.2 Å². The zero-order chi connectivity index (χ0) is 21.0. The van der Waals surface area contributed by atoms with Gasteiger partial charge in [-0.05, 0) is 30.2 Å². The van der Waals surface area contributed by atoms with Gasteiger partial charge in [0.25, 0.3) is 0 Å². The third-order valence-electron chi connectivity index (χ3n) is 7.61. The molecule has 0 unspecified atom stereocenters. The maximum absolute atomic E-state index is 12.5. The molecule has 6 heteroatoms. The van der Waals surface area contributed by atoms with Crippen LogP contribution in [0.3, 0.4) is 0 Å². The van der Waals surface area contributed by atoms with Crippen LogP contribution >= 0.6 is 11.3 Å². The Morgan fingerprint density at radius 1 is 1.27 bits per heavy atom. The molecule has 5 nitrogen and oxygen atoms in total. The highest BCUT2D eigenvalue weighted by molar-refractivity contribution is 7.15. The molecule has 0 radical (unpaired) electrons. The Kier molecular flexibility index (Phi) is 4.73. The van der Waals surface area contributed by atoms with Crippen molar-refractivity contribution in [3.8, 4) is 0 Å². The van der Waals surface area contributed by atoms with Gasteiger partial charge in [0.15, 0.2) is 5.13 Å². The molecule has 2 aromatic rings. The van der Waals surface area contributed by atoms with Crippen LogP contribution in [0.25, 0.3) is 0 Å². The van der Waals surface area contributed by atoms with Crippen molar-refractivity contribution in [2.24, 2.45) is 23.2 Å². The van der Waals surface area contributed by atoms with Crippen LogP contribution in [0.5, 0.6) is 0 Å². The Morgan fingerprint density at radius 3 is 2.80 bits per heavy atom. The SMILES string of the molecule is C[C@@H]1C(=O)O[C@@H]2[C@H]1CC[C@]1(C)Cc3sc(NC(=O)Cc4ccccc4)nc3[C@H](C)[C@H]21. The van der Waals surface area contributed by atoms with Crippen molar-refractivity contribution in [2.45, 2.75) is 58.5 Å². The lowest BCUT2D eigenvalue weighted by molar-refractivity contribution is -0.149. The van der Waals surface area contributed by atoms with E-state index in [0.29, 0.717) is 17.5 Å². The second-order valence-corrected chi connectivity index (χ2v) is 10.7. The lowest BCUT2D eigenvalue weighted by Crippen LogP contribution is -2.50. The average Bonchev–Trinajstić information content (AvgIpc) is 3.22. The minimum Gasteiger partial charge on any atom is -0.461 e. The molecule has 2 aliphatic carbocycles. The largest absolute Gasteiger partial charge is 0.461 e. The van der Waals surface area contributed by atoms with Crippen molar-refractivity contribution >= 4 is 28.3 Å². The summed E-state index contributed by atoms with van der Waals surface area (Å²) in [6.45, 7) is 6.57. The topological polar surface area (TPSA) is 68.3 Å². The number of anilines is 1. The van der Waals surface area contributed by atoms with Crippen molar-refractivity contribution < 1.29 is 14.3 Å². The van der Waals surface area contributed by atoms with Crippen molar-refractivity contribution in [3.05, 3.63) is 46.5 Å². The number of ether oxygens (including phenoxy) is 1. The summed E-state index contributed by atoms with van der Waals surface area (Å²) >= 11 is 1.61. The molecule has 0 bridgehead atoms. The van der Waals surface area contributed by atoms with Gasteiger partial charge < -0.3 is 10.1 Å². The molecule has 2 heterocycles. The molecule has 1 amide bonds. The van der Waals surface area contributed by atoms with E-state index in [0.717, 1.165) is 30.5 Å². The Hall–Kier alpha value is -2.21. The third kappa shape index (κ3) is 3.16. The Labute approximate surface area is 181 Å². The van der Waals surface area contributed by atoms with Gasteiger partial charge in [0.2, 0.25) is 5.91 Å². The summed E-state index contributed by atoms with van der Waals surface area (Å²) in [6, 6.07) is 9.75. The van der Waals surface area contributed by atoms with Gasteiger partial charge in [0, 0.05) is 22.6 Å². The molecule has 1 aromatic carbocycles. The number of carbonyl (C=O) groups is 2. The molecule has 3 aliphatic rings. The number of thiazole rings is 1. The molecule has 30 heavy (non-hydrogen) atoms. The summed E-state index contributed by atoms with van der Waals surface area (Å²) in [4.78, 5) is 30.9. The molecular formula is C24H28N2O3S. The number of nitrogens with one attached hydrogen (secondary N) is 1. The van der Waals surface area contributed by atoms with E-state index in [2.05, 4.69) is 19.2 Å². The fourth-order valence-corrected chi connectivity index (χ4v) is 7.36. The van der Waals surface area contributed by atoms with Crippen LogP contribution in [0.2, 0.25) is 0 Å². The summed E-state index contributed by atoms with van der Waals surface area (Å²) in [5.41, 5.74) is 2.18. The van der Waals surface area contributed by atoms with Crippen LogP contribution in [0.15, 0.2) is 30.3 Å². The Bertz CT molecular complexity index is 988. The molecular weight excluding hydrogens is 396 g/mol. The summed E-state index contributed by atoms with van der Waals surface area (Å²) in [5.74, 6) is 0.731. The predicted molar refractivity (Wildman–Crippen MR) is 116 cm³/mol. The maximum atomic E-state index is 12.5. The number of rotatable bonds is 3. The highest BCUT2D eigenvalue weighted by Crippen LogP contribution is 2.59. The molecule has 0 spiro atoms. The smallest absolute Gasteiger partial charge is 0.309 e. The number of nitrogens with zero attached hydrogens (tertiary/aromatic N) is 1. The number of amides is 1. The minimum atomic E-state index is -0.0422. The van der Waals surface area contributed by atoms with Crippen molar-refractivity contribution in [1.29, 1.82) is 0 Å². The van der Waals surface area contributed by atoms with E-state index in [4.69, 9.17) is 9.72 Å². The van der Waals surface area contributed by atoms with E-state index in [9.17, 15) is 9.59 Å². The van der Waals surface area contributed by atoms with E-state index in [1.165, 1.54) is 4.88 Å². The molecule has 1 N–H and O–H groups in total. The van der Waals surface area contributed by atoms with Crippen molar-refractivity contribution in [1.82, 2.24) is 4.98 Å². The lowest BCUT2D eigenvalue weighted by atomic mass is 9.54. The van der Waals surface area contributed by atoms with Gasteiger partial charge in [0.1, 0.15) is 6.10 Å². The molecule has 5 rings (SSSR count). The highest BCUT2D eigenvalue weighted by atomic mass is 32.1. The predicted octanol–water partition coefficient (Wildman–Crippen LogP) is 4.58. The number of carbonyl (C=O) groups excluding carboxylic acids is 2. The van der Waals surface area contributed by atoms with Gasteiger partial charge in [0.05, 0.1) is 18.0 Å². The molecule has 2 fully saturated rings. The van der Waals surface area contributed by atoms with E-state index in [1.807, 2.05) is 37.3 Å². The Morgan fingerprint density at radius 2 is 2.03 bits per heavy atom. The van der Waals surface area contributed by atoms with Crippen LogP contribution in [0.4, 0.5) is 5.13 Å². The number of esters is 1. The van der Waals surface area contributed by atoms with Crippen LogP contribution in [-0.2, 0) is 27.2 Å². The average molecular weight is 425 g/mol. The number of hydrogen-bond acceptors (Lipinski definition) is 5. The highest BCUT2D eigenvalue weighted by Gasteiger charge is 2.58. The summed E-state index contributed by atoms with van der Waals surface area (Å²) in [5, 5.41) is 3.69. The van der Waals surface area contributed by atoms with Crippen LogP contribution in [-0.4, -0.2) is 23.0 Å². The first-order chi connectivity index (χ1) is 14.4. The number of fused-ring (bicyclic) bond motifs is 4. The van der Waals surface area contributed by atoms with Gasteiger partial charge in [-0.3, -0.25) is 9.59 Å². The summed E-state index contributed by atoms with van der Waals surface area (Å²) in [6.07, 6.45) is 3.44. The van der Waals surface area contributed by atoms with Gasteiger partial charge in [-0.15, -0.1) is 11.3 Å². The summed E-state index contributed by atoms with van der Waals surface area (Å²) in [7, 11) is 0. The van der Waals surface area contributed by atoms with E-state index >= 15 is 0 Å². The quantitative estimate of drug-likeness (QED) is 0.733. The second-order valence-electron chi connectivity index (χ2n) is 9.58. The maximum Gasteiger partial charge on any atom is 0.309 e. The molecule has 1 aromatic heterocycles. The molecule has 1 aliphatic heterocycles. The van der Waals surface area contributed by atoms with E-state index < -0.39 is 0 Å². The van der Waals surface area contributed by atoms with Crippen LogP contribution < -0.4 is 5.32 Å². The normalized spacial score (nSPS) is 34.5. The van der Waals surface area contributed by atoms with Gasteiger partial charge in [-0.25, -0.2) is 4.98 Å². The number of benzene rings is 1. The van der Waals surface area contributed by atoms with E-state index in [1.54, 1.807) is 11.3 Å². The fourth-order valence-electron chi connectivity index (χ4n) is 6.08. The van der Waals surface area contributed by atoms with Gasteiger partial charge in [-0.1, -0.05) is 51.1 Å². The first kappa shape index (κ1) is 19.7. The fraction of sp³-hybridized carbons (Fsp3) is 0.542.